The Morgan fingerprint density at radius 1 is 1.18 bits per heavy atom. The zero-order chi connectivity index (χ0) is 23.7. The zero-order valence-electron chi connectivity index (χ0n) is 18.8. The molecule has 1 saturated heterocycles. The van der Waals surface area contributed by atoms with Crippen molar-refractivity contribution < 1.29 is 19.0 Å². The number of hydrogen-bond donors (Lipinski definition) is 1. The molecule has 178 valence electrons. The molecule has 4 heterocycles. The fourth-order valence-corrected chi connectivity index (χ4v) is 5.20. The molecule has 0 radical (unpaired) electrons. The number of methoxy groups -OCH3 is 1. The van der Waals surface area contributed by atoms with Gasteiger partial charge in [0, 0.05) is 23.0 Å². The number of halogens is 1. The zero-order valence-corrected chi connectivity index (χ0v) is 20.4. The van der Waals surface area contributed by atoms with Crippen molar-refractivity contribution in [1.29, 1.82) is 0 Å². The van der Waals surface area contributed by atoms with Crippen LogP contribution in [0.1, 0.15) is 48.2 Å². The van der Waals surface area contributed by atoms with Gasteiger partial charge in [0.25, 0.3) is 11.1 Å². The highest BCUT2D eigenvalue weighted by Gasteiger charge is 2.42. The summed E-state index contributed by atoms with van der Waals surface area (Å²) in [6, 6.07) is 3.46. The summed E-state index contributed by atoms with van der Waals surface area (Å²) >= 11 is 7.31. The van der Waals surface area contributed by atoms with Crippen LogP contribution < -0.4 is 14.8 Å². The SMILES string of the molecule is COc1cnc(Cl)cc1-c1cc(C)ncc1C(=O)Nc1nnc(OC2CCC3(CCO3)CC2)s1. The van der Waals surface area contributed by atoms with Gasteiger partial charge in [-0.15, -0.1) is 5.10 Å². The summed E-state index contributed by atoms with van der Waals surface area (Å²) in [5.74, 6) is 0.124. The van der Waals surface area contributed by atoms with Crippen molar-refractivity contribution in [2.24, 2.45) is 0 Å². The molecule has 1 aliphatic heterocycles. The summed E-state index contributed by atoms with van der Waals surface area (Å²) in [6.45, 7) is 2.71. The molecule has 0 aromatic carbocycles. The summed E-state index contributed by atoms with van der Waals surface area (Å²) in [6.07, 6.45) is 8.13. The van der Waals surface area contributed by atoms with Gasteiger partial charge in [-0.05, 0) is 62.5 Å². The molecule has 1 saturated carbocycles. The van der Waals surface area contributed by atoms with Crippen molar-refractivity contribution in [3.05, 3.63) is 40.9 Å². The molecule has 9 nitrogen and oxygen atoms in total. The minimum absolute atomic E-state index is 0.0849. The van der Waals surface area contributed by atoms with Crippen LogP contribution in [0.2, 0.25) is 5.15 Å². The Bertz CT molecular complexity index is 1210. The van der Waals surface area contributed by atoms with Crippen LogP contribution in [-0.2, 0) is 4.74 Å². The summed E-state index contributed by atoms with van der Waals surface area (Å²) in [5.41, 5.74) is 2.45. The number of nitrogens with one attached hydrogen (secondary N) is 1. The van der Waals surface area contributed by atoms with Crippen molar-refractivity contribution in [3.8, 4) is 22.1 Å². The fourth-order valence-electron chi connectivity index (χ4n) is 4.39. The number of aryl methyl sites for hydroxylation is 1. The van der Waals surface area contributed by atoms with Gasteiger partial charge in [-0.3, -0.25) is 15.1 Å². The average molecular weight is 502 g/mol. The molecule has 0 bridgehead atoms. The third-order valence-electron chi connectivity index (χ3n) is 6.33. The predicted octanol–water partition coefficient (Wildman–Crippen LogP) is 4.70. The molecule has 1 aliphatic carbocycles. The van der Waals surface area contributed by atoms with Gasteiger partial charge in [-0.2, -0.15) is 0 Å². The van der Waals surface area contributed by atoms with Crippen LogP contribution in [0.3, 0.4) is 0 Å². The third kappa shape index (κ3) is 4.70. The summed E-state index contributed by atoms with van der Waals surface area (Å²) in [7, 11) is 1.54. The first-order chi connectivity index (χ1) is 16.4. The number of anilines is 1. The molecular weight excluding hydrogens is 478 g/mol. The lowest BCUT2D eigenvalue weighted by Crippen LogP contribution is -2.47. The summed E-state index contributed by atoms with van der Waals surface area (Å²) in [4.78, 5) is 21.5. The molecule has 1 spiro atoms. The monoisotopic (exact) mass is 501 g/mol. The highest BCUT2D eigenvalue weighted by Crippen LogP contribution is 2.41. The van der Waals surface area contributed by atoms with Crippen molar-refractivity contribution >= 4 is 34.0 Å². The second kappa shape index (κ2) is 9.44. The minimum Gasteiger partial charge on any atom is -0.494 e. The van der Waals surface area contributed by atoms with Crippen molar-refractivity contribution in [2.75, 3.05) is 19.0 Å². The molecule has 2 aliphatic rings. The van der Waals surface area contributed by atoms with Crippen LogP contribution in [0.25, 0.3) is 11.1 Å². The van der Waals surface area contributed by atoms with Crippen LogP contribution in [0, 0.1) is 6.92 Å². The highest BCUT2D eigenvalue weighted by atomic mass is 35.5. The van der Waals surface area contributed by atoms with Crippen LogP contribution >= 0.6 is 22.9 Å². The first kappa shape index (κ1) is 22.9. The van der Waals surface area contributed by atoms with E-state index in [4.69, 9.17) is 25.8 Å². The van der Waals surface area contributed by atoms with Crippen molar-refractivity contribution in [2.45, 2.75) is 50.7 Å². The van der Waals surface area contributed by atoms with E-state index in [1.165, 1.54) is 30.8 Å². The van der Waals surface area contributed by atoms with E-state index in [1.807, 2.05) is 6.92 Å². The Balaban J connectivity index is 1.30. The van der Waals surface area contributed by atoms with Gasteiger partial charge >= 0.3 is 0 Å². The Kier molecular flexibility index (Phi) is 6.37. The normalized spacial score (nSPS) is 21.7. The number of rotatable bonds is 6. The molecule has 34 heavy (non-hydrogen) atoms. The van der Waals surface area contributed by atoms with Crippen molar-refractivity contribution in [3.63, 3.8) is 0 Å². The number of carbonyl (C=O) groups is 1. The molecule has 3 aromatic heterocycles. The topological polar surface area (TPSA) is 108 Å². The maximum Gasteiger partial charge on any atom is 0.296 e. The lowest BCUT2D eigenvalue weighted by molar-refractivity contribution is -0.173. The van der Waals surface area contributed by atoms with Crippen LogP contribution in [-0.4, -0.2) is 51.5 Å². The van der Waals surface area contributed by atoms with E-state index in [0.29, 0.717) is 37.9 Å². The largest absolute Gasteiger partial charge is 0.494 e. The molecule has 0 atom stereocenters. The third-order valence-corrected chi connectivity index (χ3v) is 7.27. The highest BCUT2D eigenvalue weighted by molar-refractivity contribution is 7.17. The van der Waals surface area contributed by atoms with Crippen LogP contribution in [0.15, 0.2) is 24.5 Å². The number of hydrogen-bond acceptors (Lipinski definition) is 9. The van der Waals surface area contributed by atoms with E-state index in [2.05, 4.69) is 25.5 Å². The number of ether oxygens (including phenoxy) is 3. The smallest absolute Gasteiger partial charge is 0.296 e. The van der Waals surface area contributed by atoms with Crippen molar-refractivity contribution in [1.82, 2.24) is 20.2 Å². The molecule has 3 aromatic rings. The van der Waals surface area contributed by atoms with E-state index >= 15 is 0 Å². The minimum atomic E-state index is -0.373. The number of pyridine rings is 2. The Morgan fingerprint density at radius 2 is 1.97 bits per heavy atom. The molecule has 11 heteroatoms. The van der Waals surface area contributed by atoms with Crippen LogP contribution in [0.4, 0.5) is 5.13 Å². The van der Waals surface area contributed by atoms with E-state index in [0.717, 1.165) is 44.4 Å². The lowest BCUT2D eigenvalue weighted by atomic mass is 9.78. The second-order valence-electron chi connectivity index (χ2n) is 8.50. The second-order valence-corrected chi connectivity index (χ2v) is 9.83. The van der Waals surface area contributed by atoms with Crippen LogP contribution in [0.5, 0.6) is 10.9 Å². The van der Waals surface area contributed by atoms with Gasteiger partial charge in [-0.25, -0.2) is 4.98 Å². The van der Waals surface area contributed by atoms with Gasteiger partial charge in [0.05, 0.1) is 31.1 Å². The van der Waals surface area contributed by atoms with E-state index in [-0.39, 0.29) is 17.6 Å². The average Bonchev–Trinajstić information content (AvgIpc) is 3.25. The Morgan fingerprint density at radius 3 is 2.68 bits per heavy atom. The van der Waals surface area contributed by atoms with E-state index in [9.17, 15) is 4.79 Å². The van der Waals surface area contributed by atoms with Gasteiger partial charge in [0.15, 0.2) is 0 Å². The van der Waals surface area contributed by atoms with Gasteiger partial charge in [0.1, 0.15) is 17.0 Å². The molecule has 1 amide bonds. The van der Waals surface area contributed by atoms with E-state index in [1.54, 1.807) is 12.1 Å². The first-order valence-corrected chi connectivity index (χ1v) is 12.3. The number of aromatic nitrogens is 4. The Hall–Kier alpha value is -2.82. The van der Waals surface area contributed by atoms with Gasteiger partial charge in [-0.1, -0.05) is 16.7 Å². The standard InChI is InChI=1S/C23H24ClN5O4S/c1-13-9-15(16-10-19(24)26-12-18(16)31-2)17(11-25-13)20(30)27-21-28-29-22(34-21)33-14-3-5-23(6-4-14)7-8-32-23/h9-12,14H,3-8H2,1-2H3,(H,27,28,30). The predicted molar refractivity (Wildman–Crippen MR) is 128 cm³/mol. The quantitative estimate of drug-likeness (QED) is 0.484. The molecular formula is C23H24ClN5O4S. The number of carbonyl (C=O) groups excluding carboxylic acids is 1. The summed E-state index contributed by atoms with van der Waals surface area (Å²) in [5, 5.41) is 12.1. The van der Waals surface area contributed by atoms with E-state index < -0.39 is 0 Å². The number of amides is 1. The molecule has 1 N–H and O–H groups in total. The summed E-state index contributed by atoms with van der Waals surface area (Å²) < 4.78 is 17.2. The van der Waals surface area contributed by atoms with Gasteiger partial charge < -0.3 is 14.2 Å². The molecule has 2 fully saturated rings. The number of nitrogens with zero attached hydrogens (tertiary/aromatic N) is 4. The first-order valence-electron chi connectivity index (χ1n) is 11.1. The maximum absolute atomic E-state index is 13.2. The molecule has 0 unspecified atom stereocenters. The fraction of sp³-hybridized carbons (Fsp3) is 0.435. The maximum atomic E-state index is 13.2. The molecule has 5 rings (SSSR count). The Labute approximate surface area is 205 Å². The van der Waals surface area contributed by atoms with Gasteiger partial charge in [0.2, 0.25) is 5.13 Å². The lowest BCUT2D eigenvalue weighted by Gasteiger charge is -2.46.